The Morgan fingerprint density at radius 2 is 1.81 bits per heavy atom. The van der Waals surface area contributed by atoms with Crippen LogP contribution >= 0.6 is 0 Å². The summed E-state index contributed by atoms with van der Waals surface area (Å²) in [5.74, 6) is -1.03. The van der Waals surface area contributed by atoms with Crippen LogP contribution in [-0.2, 0) is 11.2 Å². The van der Waals surface area contributed by atoms with E-state index < -0.39 is 18.0 Å². The Labute approximate surface area is 125 Å². The van der Waals surface area contributed by atoms with Crippen molar-refractivity contribution in [2.45, 2.75) is 51.6 Å². The molecule has 0 aliphatic carbocycles. The summed E-state index contributed by atoms with van der Waals surface area (Å²) >= 11 is 0. The third-order valence-electron chi connectivity index (χ3n) is 3.35. The van der Waals surface area contributed by atoms with E-state index in [0.29, 0.717) is 0 Å². The van der Waals surface area contributed by atoms with Gasteiger partial charge in [0.15, 0.2) is 0 Å². The zero-order chi connectivity index (χ0) is 15.7. The number of aliphatic carboxylic acids is 1. The summed E-state index contributed by atoms with van der Waals surface area (Å²) in [6.45, 7) is 4.05. The maximum absolute atomic E-state index is 11.9. The molecule has 0 heterocycles. The second-order valence-corrected chi connectivity index (χ2v) is 5.09. The molecule has 0 spiro atoms. The van der Waals surface area contributed by atoms with E-state index in [1.54, 1.807) is 0 Å². The Morgan fingerprint density at radius 3 is 2.33 bits per heavy atom. The Morgan fingerprint density at radius 1 is 1.14 bits per heavy atom. The van der Waals surface area contributed by atoms with Gasteiger partial charge in [0.2, 0.25) is 0 Å². The van der Waals surface area contributed by atoms with Gasteiger partial charge in [0, 0.05) is 12.5 Å². The highest BCUT2D eigenvalue weighted by Gasteiger charge is 2.21. The number of amides is 2. The third kappa shape index (κ3) is 6.29. The molecule has 0 saturated heterocycles. The van der Waals surface area contributed by atoms with Gasteiger partial charge in [-0.15, -0.1) is 0 Å². The minimum Gasteiger partial charge on any atom is -0.480 e. The molecule has 0 fully saturated rings. The lowest BCUT2D eigenvalue weighted by Crippen LogP contribution is -2.49. The van der Waals surface area contributed by atoms with Gasteiger partial charge in [-0.05, 0) is 18.4 Å². The van der Waals surface area contributed by atoms with Gasteiger partial charge in [-0.2, -0.15) is 0 Å². The number of urea groups is 1. The van der Waals surface area contributed by atoms with Crippen molar-refractivity contribution in [1.29, 1.82) is 0 Å². The maximum atomic E-state index is 11.9. The predicted molar refractivity (Wildman–Crippen MR) is 82.2 cm³/mol. The van der Waals surface area contributed by atoms with E-state index in [2.05, 4.69) is 17.6 Å². The van der Waals surface area contributed by atoms with E-state index in [-0.39, 0.29) is 12.5 Å². The van der Waals surface area contributed by atoms with Gasteiger partial charge in [0.1, 0.15) is 6.04 Å². The molecule has 1 aromatic carbocycles. The van der Waals surface area contributed by atoms with Crippen molar-refractivity contribution < 1.29 is 14.7 Å². The van der Waals surface area contributed by atoms with Crippen molar-refractivity contribution in [3.05, 3.63) is 35.9 Å². The van der Waals surface area contributed by atoms with Gasteiger partial charge < -0.3 is 15.7 Å². The van der Waals surface area contributed by atoms with Crippen LogP contribution < -0.4 is 10.6 Å². The molecule has 1 aromatic rings. The maximum Gasteiger partial charge on any atom is 0.326 e. The molecule has 1 rings (SSSR count). The van der Waals surface area contributed by atoms with Crippen LogP contribution in [-0.4, -0.2) is 29.2 Å². The highest BCUT2D eigenvalue weighted by atomic mass is 16.4. The molecule has 0 radical (unpaired) electrons. The number of benzene rings is 1. The van der Waals surface area contributed by atoms with E-state index >= 15 is 0 Å². The van der Waals surface area contributed by atoms with Crippen LogP contribution in [0.15, 0.2) is 30.3 Å². The first-order chi connectivity index (χ1) is 10.1. The molecule has 3 N–H and O–H groups in total. The normalized spacial score (nSPS) is 13.2. The van der Waals surface area contributed by atoms with Crippen LogP contribution in [0.1, 0.15) is 38.7 Å². The van der Waals surface area contributed by atoms with Crippen LogP contribution in [0, 0.1) is 0 Å². The zero-order valence-corrected chi connectivity index (χ0v) is 12.6. The van der Waals surface area contributed by atoms with Crippen LogP contribution in [0.4, 0.5) is 4.79 Å². The molecular weight excluding hydrogens is 268 g/mol. The number of carboxylic acid groups (broad SMARTS) is 1. The number of carboxylic acids is 1. The number of carbonyl (C=O) groups excluding carboxylic acids is 1. The van der Waals surface area contributed by atoms with Crippen molar-refractivity contribution in [3.8, 4) is 0 Å². The fourth-order valence-corrected chi connectivity index (χ4v) is 2.16. The van der Waals surface area contributed by atoms with Gasteiger partial charge in [-0.1, -0.05) is 50.6 Å². The largest absolute Gasteiger partial charge is 0.480 e. The van der Waals surface area contributed by atoms with Crippen LogP contribution in [0.25, 0.3) is 0 Å². The molecule has 0 aromatic heterocycles. The lowest BCUT2D eigenvalue weighted by Gasteiger charge is -2.19. The fourth-order valence-electron chi connectivity index (χ4n) is 2.16. The van der Waals surface area contributed by atoms with Gasteiger partial charge in [-0.25, -0.2) is 9.59 Å². The summed E-state index contributed by atoms with van der Waals surface area (Å²) in [7, 11) is 0. The Balaban J connectivity index is 2.58. The SMILES string of the molecule is CCCC(CC)NC(=O)N[C@@H](Cc1ccccc1)C(=O)O. The molecule has 2 amide bonds. The second-order valence-electron chi connectivity index (χ2n) is 5.09. The Bertz CT molecular complexity index is 448. The number of hydrogen-bond donors (Lipinski definition) is 3. The molecule has 21 heavy (non-hydrogen) atoms. The molecular formula is C16H24N2O3. The number of nitrogens with one attached hydrogen (secondary N) is 2. The van der Waals surface area contributed by atoms with E-state index in [0.717, 1.165) is 24.8 Å². The third-order valence-corrected chi connectivity index (χ3v) is 3.35. The van der Waals surface area contributed by atoms with Gasteiger partial charge in [-0.3, -0.25) is 0 Å². The summed E-state index contributed by atoms with van der Waals surface area (Å²) in [6, 6.07) is 8.01. The Kier molecular flexibility index (Phi) is 7.29. The van der Waals surface area contributed by atoms with Crippen molar-refractivity contribution in [2.24, 2.45) is 0 Å². The smallest absolute Gasteiger partial charge is 0.326 e. The first-order valence-corrected chi connectivity index (χ1v) is 7.40. The van der Waals surface area contributed by atoms with Crippen molar-refractivity contribution in [2.75, 3.05) is 0 Å². The number of rotatable bonds is 8. The molecule has 0 bridgehead atoms. The minimum absolute atomic E-state index is 0.0844. The van der Waals surface area contributed by atoms with Crippen molar-refractivity contribution in [3.63, 3.8) is 0 Å². The summed E-state index contributed by atoms with van der Waals surface area (Å²) in [6.07, 6.45) is 2.97. The van der Waals surface area contributed by atoms with Crippen molar-refractivity contribution >= 4 is 12.0 Å². The van der Waals surface area contributed by atoms with E-state index in [4.69, 9.17) is 0 Å². The fraction of sp³-hybridized carbons (Fsp3) is 0.500. The molecule has 1 unspecified atom stereocenters. The Hall–Kier alpha value is -2.04. The summed E-state index contributed by atoms with van der Waals surface area (Å²) in [5.41, 5.74) is 0.880. The highest BCUT2D eigenvalue weighted by molar-refractivity contribution is 5.82. The van der Waals surface area contributed by atoms with Gasteiger partial charge in [0.05, 0.1) is 0 Å². The number of hydrogen-bond acceptors (Lipinski definition) is 2. The zero-order valence-electron chi connectivity index (χ0n) is 12.6. The van der Waals surface area contributed by atoms with Gasteiger partial charge in [0.25, 0.3) is 0 Å². The molecule has 0 saturated carbocycles. The first kappa shape index (κ1) is 17.0. The molecule has 0 aliphatic rings. The van der Waals surface area contributed by atoms with E-state index in [1.807, 2.05) is 37.3 Å². The lowest BCUT2D eigenvalue weighted by molar-refractivity contribution is -0.139. The standard InChI is InChI=1S/C16H24N2O3/c1-3-8-13(4-2)17-16(21)18-14(15(19)20)11-12-9-6-5-7-10-12/h5-7,9-10,13-14H,3-4,8,11H2,1-2H3,(H,19,20)(H2,17,18,21)/t13?,14-/m0/s1. The van der Waals surface area contributed by atoms with Crippen molar-refractivity contribution in [1.82, 2.24) is 10.6 Å². The molecule has 116 valence electrons. The van der Waals surface area contributed by atoms with Crippen LogP contribution in [0.5, 0.6) is 0 Å². The van der Waals surface area contributed by atoms with E-state index in [9.17, 15) is 14.7 Å². The second kappa shape index (κ2) is 9.00. The van der Waals surface area contributed by atoms with Crippen LogP contribution in [0.2, 0.25) is 0 Å². The molecule has 5 nitrogen and oxygen atoms in total. The predicted octanol–water partition coefficient (Wildman–Crippen LogP) is 2.56. The summed E-state index contributed by atoms with van der Waals surface area (Å²) in [5, 5.41) is 14.6. The average molecular weight is 292 g/mol. The quantitative estimate of drug-likeness (QED) is 0.689. The topological polar surface area (TPSA) is 78.4 Å². The van der Waals surface area contributed by atoms with E-state index in [1.165, 1.54) is 0 Å². The highest BCUT2D eigenvalue weighted by Crippen LogP contribution is 2.04. The minimum atomic E-state index is -1.03. The summed E-state index contributed by atoms with van der Waals surface area (Å²) in [4.78, 5) is 23.2. The first-order valence-electron chi connectivity index (χ1n) is 7.40. The monoisotopic (exact) mass is 292 g/mol. The van der Waals surface area contributed by atoms with Gasteiger partial charge >= 0.3 is 12.0 Å². The lowest BCUT2D eigenvalue weighted by atomic mass is 10.1. The average Bonchev–Trinajstić information content (AvgIpc) is 2.47. The molecule has 2 atom stereocenters. The molecule has 5 heteroatoms. The number of carbonyl (C=O) groups is 2. The summed E-state index contributed by atoms with van der Waals surface area (Å²) < 4.78 is 0. The molecule has 0 aliphatic heterocycles. The van der Waals surface area contributed by atoms with Crippen LogP contribution in [0.3, 0.4) is 0 Å².